The molecular weight excluding hydrogens is 358 g/mol. The van der Waals surface area contributed by atoms with Crippen molar-refractivity contribution in [3.63, 3.8) is 0 Å². The molecule has 3 rings (SSSR count). The van der Waals surface area contributed by atoms with Crippen LogP contribution in [0.25, 0.3) is 11.0 Å². The predicted molar refractivity (Wildman–Crippen MR) is 96.5 cm³/mol. The highest BCUT2D eigenvalue weighted by atomic mass is 35.5. The van der Waals surface area contributed by atoms with Crippen molar-refractivity contribution in [2.24, 2.45) is 0 Å². The van der Waals surface area contributed by atoms with Crippen LogP contribution in [0.5, 0.6) is 5.75 Å². The predicted octanol–water partition coefficient (Wildman–Crippen LogP) is 3.09. The van der Waals surface area contributed by atoms with E-state index in [4.69, 9.17) is 21.1 Å². The topological polar surface area (TPSA) is 90.4 Å². The van der Waals surface area contributed by atoms with Gasteiger partial charge in [0, 0.05) is 18.1 Å². The molecule has 3 aromatic rings. The molecule has 1 amide bonds. The Kier molecular flexibility index (Phi) is 5.28. The van der Waals surface area contributed by atoms with Crippen molar-refractivity contribution < 1.29 is 19.1 Å². The summed E-state index contributed by atoms with van der Waals surface area (Å²) in [4.78, 5) is 32.5. The summed E-state index contributed by atoms with van der Waals surface area (Å²) in [6.45, 7) is -0.445. The molecule has 7 nitrogen and oxygen atoms in total. The standard InChI is InChI=1S/C18H14ClN3O4/c1-25-15-6-5-11(9-13(15)19)22-16(23)10-26-18(24)12-3-2-4-14-17(12)21-8-7-20-14/h2-9H,10H2,1H3,(H,22,23). The molecule has 0 bridgehead atoms. The van der Waals surface area contributed by atoms with E-state index >= 15 is 0 Å². The zero-order chi connectivity index (χ0) is 18.5. The molecule has 0 aliphatic rings. The number of hydrogen-bond acceptors (Lipinski definition) is 6. The SMILES string of the molecule is COc1ccc(NC(=O)COC(=O)c2cccc3nccnc23)cc1Cl. The van der Waals surface area contributed by atoms with Gasteiger partial charge in [0.1, 0.15) is 11.3 Å². The van der Waals surface area contributed by atoms with E-state index < -0.39 is 18.5 Å². The van der Waals surface area contributed by atoms with Crippen LogP contribution in [-0.4, -0.2) is 35.6 Å². The highest BCUT2D eigenvalue weighted by Crippen LogP contribution is 2.27. The molecule has 8 heteroatoms. The largest absolute Gasteiger partial charge is 0.495 e. The summed E-state index contributed by atoms with van der Waals surface area (Å²) in [7, 11) is 1.50. The lowest BCUT2D eigenvalue weighted by molar-refractivity contribution is -0.119. The molecule has 1 heterocycles. The van der Waals surface area contributed by atoms with Crippen molar-refractivity contribution in [3.8, 4) is 5.75 Å². The third kappa shape index (κ3) is 3.89. The minimum atomic E-state index is -0.654. The van der Waals surface area contributed by atoms with Crippen LogP contribution in [0.1, 0.15) is 10.4 Å². The van der Waals surface area contributed by atoms with E-state index in [9.17, 15) is 9.59 Å². The number of halogens is 1. The van der Waals surface area contributed by atoms with Crippen molar-refractivity contribution in [1.29, 1.82) is 0 Å². The van der Waals surface area contributed by atoms with Crippen LogP contribution in [0.15, 0.2) is 48.8 Å². The number of fused-ring (bicyclic) bond motifs is 1. The molecule has 0 aliphatic carbocycles. The zero-order valence-electron chi connectivity index (χ0n) is 13.7. The normalized spacial score (nSPS) is 10.4. The van der Waals surface area contributed by atoms with Crippen LogP contribution in [0.2, 0.25) is 5.02 Å². The molecule has 0 radical (unpaired) electrons. The minimum absolute atomic E-state index is 0.246. The number of benzene rings is 2. The molecule has 1 aromatic heterocycles. The molecule has 26 heavy (non-hydrogen) atoms. The van der Waals surface area contributed by atoms with Gasteiger partial charge in [-0.15, -0.1) is 0 Å². The zero-order valence-corrected chi connectivity index (χ0v) is 14.5. The lowest BCUT2D eigenvalue weighted by atomic mass is 10.2. The third-order valence-electron chi connectivity index (χ3n) is 3.49. The maximum atomic E-state index is 12.2. The van der Waals surface area contributed by atoms with E-state index in [1.165, 1.54) is 19.5 Å². The fraction of sp³-hybridized carbons (Fsp3) is 0.111. The number of nitrogens with zero attached hydrogens (tertiary/aromatic N) is 2. The maximum absolute atomic E-state index is 12.2. The van der Waals surface area contributed by atoms with Gasteiger partial charge in [-0.3, -0.25) is 14.8 Å². The Balaban J connectivity index is 1.64. The third-order valence-corrected chi connectivity index (χ3v) is 3.78. The number of aromatic nitrogens is 2. The molecule has 0 atom stereocenters. The Labute approximate surface area is 153 Å². The van der Waals surface area contributed by atoms with Crippen LogP contribution in [-0.2, 0) is 9.53 Å². The lowest BCUT2D eigenvalue weighted by Crippen LogP contribution is -2.21. The number of para-hydroxylation sites is 1. The first-order valence-corrected chi connectivity index (χ1v) is 7.96. The number of ether oxygens (including phenoxy) is 2. The van der Waals surface area contributed by atoms with Gasteiger partial charge in [-0.1, -0.05) is 17.7 Å². The smallest absolute Gasteiger partial charge is 0.340 e. The highest BCUT2D eigenvalue weighted by molar-refractivity contribution is 6.32. The van der Waals surface area contributed by atoms with Crippen LogP contribution >= 0.6 is 11.6 Å². The number of amides is 1. The molecule has 0 fully saturated rings. The Morgan fingerprint density at radius 2 is 1.96 bits per heavy atom. The van der Waals surface area contributed by atoms with E-state index in [1.54, 1.807) is 36.4 Å². The van der Waals surface area contributed by atoms with Crippen LogP contribution < -0.4 is 10.1 Å². The molecule has 0 aliphatic heterocycles. The summed E-state index contributed by atoms with van der Waals surface area (Å²) >= 11 is 6.00. The van der Waals surface area contributed by atoms with Crippen molar-refractivity contribution in [2.45, 2.75) is 0 Å². The van der Waals surface area contributed by atoms with Gasteiger partial charge < -0.3 is 14.8 Å². The fourth-order valence-electron chi connectivity index (χ4n) is 2.31. The number of rotatable bonds is 5. The average molecular weight is 372 g/mol. The summed E-state index contributed by atoms with van der Waals surface area (Å²) in [5.74, 6) is -0.655. The molecule has 0 spiro atoms. The second-order valence-electron chi connectivity index (χ2n) is 5.20. The molecule has 132 valence electrons. The van der Waals surface area contributed by atoms with Gasteiger partial charge in [0.05, 0.1) is 23.2 Å². The van der Waals surface area contributed by atoms with Gasteiger partial charge in [-0.2, -0.15) is 0 Å². The van der Waals surface area contributed by atoms with Gasteiger partial charge in [0.15, 0.2) is 6.61 Å². The number of methoxy groups -OCH3 is 1. The quantitative estimate of drug-likeness (QED) is 0.693. The van der Waals surface area contributed by atoms with Gasteiger partial charge in [-0.05, 0) is 30.3 Å². The van der Waals surface area contributed by atoms with Gasteiger partial charge in [-0.25, -0.2) is 4.79 Å². The number of hydrogen-bond donors (Lipinski definition) is 1. The van der Waals surface area contributed by atoms with Gasteiger partial charge in [0.25, 0.3) is 5.91 Å². The van der Waals surface area contributed by atoms with E-state index in [1.807, 2.05) is 0 Å². The first-order valence-electron chi connectivity index (χ1n) is 7.58. The Morgan fingerprint density at radius 3 is 2.73 bits per heavy atom. The van der Waals surface area contributed by atoms with Gasteiger partial charge in [0.2, 0.25) is 0 Å². The molecule has 0 saturated heterocycles. The average Bonchev–Trinajstić information content (AvgIpc) is 2.66. The first kappa shape index (κ1) is 17.6. The number of carbonyl (C=O) groups is 2. The Hall–Kier alpha value is -3.19. The van der Waals surface area contributed by atoms with E-state index in [-0.39, 0.29) is 5.56 Å². The molecule has 0 unspecified atom stereocenters. The van der Waals surface area contributed by atoms with E-state index in [2.05, 4.69) is 15.3 Å². The molecule has 1 N–H and O–H groups in total. The minimum Gasteiger partial charge on any atom is -0.495 e. The maximum Gasteiger partial charge on any atom is 0.340 e. The first-order chi connectivity index (χ1) is 12.6. The van der Waals surface area contributed by atoms with Crippen molar-refractivity contribution in [3.05, 3.63) is 59.4 Å². The number of carbonyl (C=O) groups excluding carboxylic acids is 2. The monoisotopic (exact) mass is 371 g/mol. The summed E-state index contributed by atoms with van der Waals surface area (Å²) in [5.41, 5.74) is 1.70. The van der Waals surface area contributed by atoms with Crippen molar-refractivity contribution in [1.82, 2.24) is 9.97 Å². The summed E-state index contributed by atoms with van der Waals surface area (Å²) < 4.78 is 10.1. The molecule has 0 saturated carbocycles. The number of nitrogens with one attached hydrogen (secondary N) is 1. The summed E-state index contributed by atoms with van der Waals surface area (Å²) in [6, 6.07) is 9.77. The summed E-state index contributed by atoms with van der Waals surface area (Å²) in [5, 5.41) is 2.95. The van der Waals surface area contributed by atoms with Gasteiger partial charge >= 0.3 is 5.97 Å². The Bertz CT molecular complexity index is 972. The van der Waals surface area contributed by atoms with E-state index in [0.29, 0.717) is 27.5 Å². The second-order valence-corrected chi connectivity index (χ2v) is 5.61. The number of esters is 1. The van der Waals surface area contributed by atoms with E-state index in [0.717, 1.165) is 0 Å². The van der Waals surface area contributed by atoms with Crippen LogP contribution in [0, 0.1) is 0 Å². The van der Waals surface area contributed by atoms with Crippen molar-refractivity contribution >= 4 is 40.2 Å². The van der Waals surface area contributed by atoms with Crippen LogP contribution in [0.3, 0.4) is 0 Å². The highest BCUT2D eigenvalue weighted by Gasteiger charge is 2.15. The summed E-state index contributed by atoms with van der Waals surface area (Å²) in [6.07, 6.45) is 3.02. The fourth-order valence-corrected chi connectivity index (χ4v) is 2.57. The van der Waals surface area contributed by atoms with Crippen molar-refractivity contribution in [2.75, 3.05) is 19.0 Å². The van der Waals surface area contributed by atoms with Crippen LogP contribution in [0.4, 0.5) is 5.69 Å². The Morgan fingerprint density at radius 1 is 1.15 bits per heavy atom. The second kappa shape index (κ2) is 7.79. The lowest BCUT2D eigenvalue weighted by Gasteiger charge is -2.09. The molecule has 2 aromatic carbocycles. The molecular formula is C18H14ClN3O4. The number of anilines is 1.